The van der Waals surface area contributed by atoms with E-state index in [2.05, 4.69) is 71.5 Å². The van der Waals surface area contributed by atoms with Gasteiger partial charge in [-0.05, 0) is 42.8 Å². The molecule has 3 nitrogen and oxygen atoms in total. The van der Waals surface area contributed by atoms with Crippen LogP contribution in [0.25, 0.3) is 10.9 Å². The number of rotatable bonds is 7. The lowest BCUT2D eigenvalue weighted by molar-refractivity contribution is 0.0952. The van der Waals surface area contributed by atoms with E-state index in [-0.39, 0.29) is 5.91 Å². The summed E-state index contributed by atoms with van der Waals surface area (Å²) in [4.78, 5) is 13.6. The van der Waals surface area contributed by atoms with Crippen molar-refractivity contribution in [2.24, 2.45) is 0 Å². The Balaban J connectivity index is 1.44. The lowest BCUT2D eigenvalue weighted by Gasteiger charge is -2.08. The maximum atomic E-state index is 12.3. The molecule has 0 aliphatic rings. The fourth-order valence-electron chi connectivity index (χ4n) is 3.47. The van der Waals surface area contributed by atoms with Crippen LogP contribution in [0.3, 0.4) is 0 Å². The second kappa shape index (κ2) is 9.41. The van der Waals surface area contributed by atoms with Gasteiger partial charge in [-0.2, -0.15) is 0 Å². The van der Waals surface area contributed by atoms with Gasteiger partial charge in [0.15, 0.2) is 0 Å². The molecule has 4 aromatic rings. The zero-order chi connectivity index (χ0) is 20.9. The highest BCUT2D eigenvalue weighted by molar-refractivity contribution is 7.98. The quantitative estimate of drug-likeness (QED) is 0.345. The van der Waals surface area contributed by atoms with Gasteiger partial charge in [-0.3, -0.25) is 4.79 Å². The number of hydrogen-bond acceptors (Lipinski definition) is 2. The van der Waals surface area contributed by atoms with Crippen molar-refractivity contribution >= 4 is 40.2 Å². The molecule has 4 rings (SSSR count). The summed E-state index contributed by atoms with van der Waals surface area (Å²) in [6.45, 7) is 3.39. The first-order valence-electron chi connectivity index (χ1n) is 9.90. The Morgan fingerprint density at radius 1 is 1.03 bits per heavy atom. The van der Waals surface area contributed by atoms with E-state index in [1.165, 1.54) is 26.9 Å². The van der Waals surface area contributed by atoms with E-state index < -0.39 is 0 Å². The van der Waals surface area contributed by atoms with Crippen LogP contribution in [0.1, 0.15) is 21.5 Å². The van der Waals surface area contributed by atoms with Crippen LogP contribution in [0.5, 0.6) is 0 Å². The second-order valence-corrected chi connectivity index (χ2v) is 8.70. The predicted molar refractivity (Wildman–Crippen MR) is 126 cm³/mol. The standard InChI is InChI=1S/C25H23ClN2OS/c1-18-5-4-6-19(15-18)17-30-24-16-28(23-8-3-2-7-22(23)24)14-13-27-25(29)20-9-11-21(26)12-10-20/h2-12,15-16H,13-14,17H2,1H3,(H,27,29). The molecular formula is C25H23ClN2OS. The zero-order valence-electron chi connectivity index (χ0n) is 16.8. The third-order valence-electron chi connectivity index (χ3n) is 4.97. The minimum Gasteiger partial charge on any atom is -0.350 e. The molecule has 1 amide bonds. The Bertz CT molecular complexity index is 1170. The molecule has 1 aromatic heterocycles. The van der Waals surface area contributed by atoms with Crippen LogP contribution in [-0.4, -0.2) is 17.0 Å². The van der Waals surface area contributed by atoms with Crippen LogP contribution < -0.4 is 5.32 Å². The lowest BCUT2D eigenvalue weighted by Crippen LogP contribution is -2.27. The van der Waals surface area contributed by atoms with Crippen molar-refractivity contribution < 1.29 is 4.79 Å². The van der Waals surface area contributed by atoms with Crippen LogP contribution in [0.4, 0.5) is 0 Å². The van der Waals surface area contributed by atoms with Gasteiger partial charge in [0, 0.05) is 51.4 Å². The number of nitrogens with one attached hydrogen (secondary N) is 1. The minimum absolute atomic E-state index is 0.0859. The summed E-state index contributed by atoms with van der Waals surface area (Å²) >= 11 is 7.74. The molecule has 0 atom stereocenters. The zero-order valence-corrected chi connectivity index (χ0v) is 18.3. The van der Waals surface area contributed by atoms with Crippen molar-refractivity contribution in [3.63, 3.8) is 0 Å². The van der Waals surface area contributed by atoms with Crippen molar-refractivity contribution in [3.8, 4) is 0 Å². The molecule has 0 aliphatic carbocycles. The number of para-hydroxylation sites is 1. The maximum absolute atomic E-state index is 12.3. The van der Waals surface area contributed by atoms with E-state index in [0.717, 1.165) is 5.75 Å². The summed E-state index contributed by atoms with van der Waals surface area (Å²) in [5.74, 6) is 0.848. The minimum atomic E-state index is -0.0859. The van der Waals surface area contributed by atoms with E-state index in [0.29, 0.717) is 23.7 Å². The number of aromatic nitrogens is 1. The number of nitrogens with zero attached hydrogens (tertiary/aromatic N) is 1. The average Bonchev–Trinajstić information content (AvgIpc) is 3.11. The highest BCUT2D eigenvalue weighted by atomic mass is 35.5. The van der Waals surface area contributed by atoms with Gasteiger partial charge in [0.25, 0.3) is 5.91 Å². The normalized spacial score (nSPS) is 11.0. The monoisotopic (exact) mass is 434 g/mol. The molecule has 1 N–H and O–H groups in total. The molecule has 5 heteroatoms. The van der Waals surface area contributed by atoms with Crippen molar-refractivity contribution in [3.05, 3.63) is 101 Å². The van der Waals surface area contributed by atoms with Crippen molar-refractivity contribution in [1.82, 2.24) is 9.88 Å². The van der Waals surface area contributed by atoms with E-state index in [9.17, 15) is 4.79 Å². The number of aryl methyl sites for hydroxylation is 1. The summed E-state index contributed by atoms with van der Waals surface area (Å²) in [6.07, 6.45) is 2.19. The number of fused-ring (bicyclic) bond motifs is 1. The number of halogens is 1. The molecule has 1 heterocycles. The van der Waals surface area contributed by atoms with E-state index in [1.54, 1.807) is 24.3 Å². The van der Waals surface area contributed by atoms with Crippen molar-refractivity contribution in [2.45, 2.75) is 24.1 Å². The Morgan fingerprint density at radius 2 is 1.83 bits per heavy atom. The first kappa shape index (κ1) is 20.6. The number of amides is 1. The molecule has 0 unspecified atom stereocenters. The van der Waals surface area contributed by atoms with Crippen LogP contribution in [0.15, 0.2) is 83.9 Å². The van der Waals surface area contributed by atoms with Gasteiger partial charge < -0.3 is 9.88 Å². The van der Waals surface area contributed by atoms with Gasteiger partial charge in [-0.15, -0.1) is 11.8 Å². The number of benzene rings is 3. The van der Waals surface area contributed by atoms with Gasteiger partial charge in [-0.1, -0.05) is 59.6 Å². The van der Waals surface area contributed by atoms with Gasteiger partial charge in [0.1, 0.15) is 0 Å². The molecule has 0 bridgehead atoms. The number of hydrogen-bond donors (Lipinski definition) is 1. The SMILES string of the molecule is Cc1cccc(CSc2cn(CCNC(=O)c3ccc(Cl)cc3)c3ccccc23)c1. The molecular weight excluding hydrogens is 412 g/mol. The van der Waals surface area contributed by atoms with Gasteiger partial charge in [0.05, 0.1) is 0 Å². The molecule has 0 fully saturated rings. The number of carbonyl (C=O) groups excluding carboxylic acids is 1. The Kier molecular flexibility index (Phi) is 6.46. The second-order valence-electron chi connectivity index (χ2n) is 7.24. The Hall–Kier alpha value is -2.69. The lowest BCUT2D eigenvalue weighted by atomic mass is 10.2. The molecule has 30 heavy (non-hydrogen) atoms. The smallest absolute Gasteiger partial charge is 0.251 e. The first-order valence-corrected chi connectivity index (χ1v) is 11.3. The fourth-order valence-corrected chi connectivity index (χ4v) is 4.63. The summed E-state index contributed by atoms with van der Waals surface area (Å²) in [6, 6.07) is 24.0. The topological polar surface area (TPSA) is 34.0 Å². The maximum Gasteiger partial charge on any atom is 0.251 e. The van der Waals surface area contributed by atoms with Crippen molar-refractivity contribution in [2.75, 3.05) is 6.54 Å². The highest BCUT2D eigenvalue weighted by Gasteiger charge is 2.10. The molecule has 0 saturated carbocycles. The summed E-state index contributed by atoms with van der Waals surface area (Å²) in [5.41, 5.74) is 4.41. The van der Waals surface area contributed by atoms with Gasteiger partial charge >= 0.3 is 0 Å². The summed E-state index contributed by atoms with van der Waals surface area (Å²) in [7, 11) is 0. The van der Waals surface area contributed by atoms with Gasteiger partial charge in [0.2, 0.25) is 0 Å². The Morgan fingerprint density at radius 3 is 2.63 bits per heavy atom. The van der Waals surface area contributed by atoms with Crippen LogP contribution in [-0.2, 0) is 12.3 Å². The number of carbonyl (C=O) groups is 1. The van der Waals surface area contributed by atoms with Gasteiger partial charge in [-0.25, -0.2) is 0 Å². The fraction of sp³-hybridized carbons (Fsp3) is 0.160. The largest absolute Gasteiger partial charge is 0.350 e. The van der Waals surface area contributed by atoms with Crippen molar-refractivity contribution in [1.29, 1.82) is 0 Å². The number of thioether (sulfide) groups is 1. The summed E-state index contributed by atoms with van der Waals surface area (Å²) < 4.78 is 2.22. The van der Waals surface area contributed by atoms with E-state index in [4.69, 9.17) is 11.6 Å². The third kappa shape index (κ3) is 4.89. The molecule has 0 spiro atoms. The summed E-state index contributed by atoms with van der Waals surface area (Å²) in [5, 5.41) is 4.87. The van der Waals surface area contributed by atoms with Crippen LogP contribution in [0.2, 0.25) is 5.02 Å². The van der Waals surface area contributed by atoms with E-state index >= 15 is 0 Å². The Labute approximate surface area is 186 Å². The average molecular weight is 435 g/mol. The highest BCUT2D eigenvalue weighted by Crippen LogP contribution is 2.32. The molecule has 0 aliphatic heterocycles. The first-order chi connectivity index (χ1) is 14.6. The molecule has 0 saturated heterocycles. The molecule has 3 aromatic carbocycles. The molecule has 152 valence electrons. The molecule has 0 radical (unpaired) electrons. The van der Waals surface area contributed by atoms with E-state index in [1.807, 2.05) is 11.8 Å². The van der Waals surface area contributed by atoms with Crippen LogP contribution >= 0.6 is 23.4 Å². The third-order valence-corrected chi connectivity index (χ3v) is 6.34. The predicted octanol–water partition coefficient (Wildman–Crippen LogP) is 6.33. The van der Waals surface area contributed by atoms with Crippen LogP contribution in [0, 0.1) is 6.92 Å².